The fourth-order valence-corrected chi connectivity index (χ4v) is 2.27. The van der Waals surface area contributed by atoms with Gasteiger partial charge in [0.25, 0.3) is 0 Å². The quantitative estimate of drug-likeness (QED) is 0.714. The van der Waals surface area contributed by atoms with Crippen LogP contribution in [0.2, 0.25) is 0 Å². The Morgan fingerprint density at radius 3 is 2.33 bits per heavy atom. The number of ether oxygens (including phenoxy) is 1. The molecule has 21 heavy (non-hydrogen) atoms. The van der Waals surface area contributed by atoms with Crippen molar-refractivity contribution in [2.24, 2.45) is 0 Å². The van der Waals surface area contributed by atoms with Crippen LogP contribution >= 0.6 is 0 Å². The van der Waals surface area contributed by atoms with Gasteiger partial charge in [-0.15, -0.1) is 0 Å². The Kier molecular flexibility index (Phi) is 4.36. The van der Waals surface area contributed by atoms with Gasteiger partial charge in [0.1, 0.15) is 5.60 Å². The lowest BCUT2D eigenvalue weighted by atomic mass is 9.95. The van der Waals surface area contributed by atoms with Crippen LogP contribution in [-0.2, 0) is 4.74 Å². The fraction of sp³-hybridized carbons (Fsp3) is 0.421. The van der Waals surface area contributed by atoms with Gasteiger partial charge in [0.2, 0.25) is 0 Å². The van der Waals surface area contributed by atoms with Gasteiger partial charge < -0.3 is 4.74 Å². The van der Waals surface area contributed by atoms with E-state index in [0.717, 1.165) is 11.8 Å². The van der Waals surface area contributed by atoms with Crippen molar-refractivity contribution >= 4 is 16.7 Å². The van der Waals surface area contributed by atoms with Crippen LogP contribution in [0.25, 0.3) is 10.8 Å². The van der Waals surface area contributed by atoms with E-state index in [0.29, 0.717) is 11.5 Å². The van der Waals surface area contributed by atoms with Gasteiger partial charge in [-0.05, 0) is 61.6 Å². The minimum atomic E-state index is -0.466. The van der Waals surface area contributed by atoms with Gasteiger partial charge >= 0.3 is 5.97 Å². The molecule has 0 radical (unpaired) electrons. The number of fused-ring (bicyclic) bond motifs is 1. The number of hydrogen-bond donors (Lipinski definition) is 0. The molecular weight excluding hydrogens is 260 g/mol. The molecule has 1 atom stereocenters. The summed E-state index contributed by atoms with van der Waals surface area (Å²) in [5.41, 5.74) is 1.48. The number of carbonyl (C=O) groups excluding carboxylic acids is 1. The zero-order valence-electron chi connectivity index (χ0n) is 13.6. The van der Waals surface area contributed by atoms with Gasteiger partial charge in [0, 0.05) is 0 Å². The first-order valence-corrected chi connectivity index (χ1v) is 7.57. The third-order valence-corrected chi connectivity index (χ3v) is 3.68. The van der Waals surface area contributed by atoms with Gasteiger partial charge in [-0.2, -0.15) is 0 Å². The molecule has 0 aliphatic heterocycles. The number of rotatable bonds is 3. The molecular formula is C19H24O2. The van der Waals surface area contributed by atoms with Gasteiger partial charge in [0.05, 0.1) is 5.56 Å². The molecule has 0 N–H and O–H groups in total. The average molecular weight is 284 g/mol. The smallest absolute Gasteiger partial charge is 0.338 e. The summed E-state index contributed by atoms with van der Waals surface area (Å²) in [4.78, 5) is 12.1. The zero-order chi connectivity index (χ0) is 15.6. The van der Waals surface area contributed by atoms with Gasteiger partial charge in [0.15, 0.2) is 0 Å². The normalized spacial score (nSPS) is 13.2. The molecule has 2 nitrogen and oxygen atoms in total. The molecule has 0 aliphatic carbocycles. The molecule has 0 fully saturated rings. The van der Waals surface area contributed by atoms with Crippen LogP contribution in [0.5, 0.6) is 0 Å². The summed E-state index contributed by atoms with van der Waals surface area (Å²) in [6.07, 6.45) is 1.13. The third-order valence-electron chi connectivity index (χ3n) is 3.68. The molecule has 0 bridgehead atoms. The molecule has 0 heterocycles. The lowest BCUT2D eigenvalue weighted by Crippen LogP contribution is -2.23. The number of benzene rings is 2. The molecule has 2 heteroatoms. The van der Waals surface area contributed by atoms with Crippen molar-refractivity contribution in [1.82, 2.24) is 0 Å². The molecule has 2 aromatic carbocycles. The molecule has 0 aromatic heterocycles. The van der Waals surface area contributed by atoms with Crippen LogP contribution in [0.4, 0.5) is 0 Å². The Hall–Kier alpha value is -1.83. The highest BCUT2D eigenvalue weighted by molar-refractivity contribution is 5.95. The van der Waals surface area contributed by atoms with Gasteiger partial charge in [-0.1, -0.05) is 38.1 Å². The fourth-order valence-electron chi connectivity index (χ4n) is 2.27. The van der Waals surface area contributed by atoms with Crippen molar-refractivity contribution in [2.45, 2.75) is 52.6 Å². The van der Waals surface area contributed by atoms with Gasteiger partial charge in [-0.25, -0.2) is 4.79 Å². The highest BCUT2D eigenvalue weighted by atomic mass is 16.6. The number of hydrogen-bond acceptors (Lipinski definition) is 2. The topological polar surface area (TPSA) is 26.3 Å². The molecule has 0 aliphatic rings. The molecule has 0 saturated carbocycles. The molecule has 0 amide bonds. The van der Waals surface area contributed by atoms with Crippen LogP contribution in [-0.4, -0.2) is 11.6 Å². The Morgan fingerprint density at radius 1 is 1.10 bits per heavy atom. The molecule has 0 saturated heterocycles. The molecule has 2 rings (SSSR count). The van der Waals surface area contributed by atoms with Crippen LogP contribution < -0.4 is 0 Å². The Balaban J connectivity index is 2.33. The van der Waals surface area contributed by atoms with E-state index in [-0.39, 0.29) is 5.97 Å². The summed E-state index contributed by atoms with van der Waals surface area (Å²) in [5, 5.41) is 2.24. The van der Waals surface area contributed by atoms with Crippen LogP contribution in [0.1, 0.15) is 62.9 Å². The average Bonchev–Trinajstić information content (AvgIpc) is 2.43. The first-order chi connectivity index (χ1) is 9.80. The Bertz CT molecular complexity index is 650. The van der Waals surface area contributed by atoms with E-state index >= 15 is 0 Å². The predicted octanol–water partition coefficient (Wildman–Crippen LogP) is 5.31. The van der Waals surface area contributed by atoms with E-state index in [1.54, 1.807) is 0 Å². The maximum absolute atomic E-state index is 12.1. The van der Waals surface area contributed by atoms with Gasteiger partial charge in [-0.3, -0.25) is 0 Å². The van der Waals surface area contributed by atoms with E-state index in [9.17, 15) is 4.79 Å². The highest BCUT2D eigenvalue weighted by Gasteiger charge is 2.18. The number of esters is 1. The van der Waals surface area contributed by atoms with Crippen LogP contribution in [0.3, 0.4) is 0 Å². The largest absolute Gasteiger partial charge is 0.456 e. The summed E-state index contributed by atoms with van der Waals surface area (Å²) < 4.78 is 5.41. The molecule has 2 aromatic rings. The molecule has 0 spiro atoms. The number of carbonyl (C=O) groups is 1. The monoisotopic (exact) mass is 284 g/mol. The SMILES string of the molecule is CCC(C)c1ccc2cc(C(=O)OC(C)(C)C)ccc2c1. The second-order valence-corrected chi connectivity index (χ2v) is 6.63. The first-order valence-electron chi connectivity index (χ1n) is 7.57. The highest BCUT2D eigenvalue weighted by Crippen LogP contribution is 2.25. The summed E-state index contributed by atoms with van der Waals surface area (Å²) >= 11 is 0. The van der Waals surface area contributed by atoms with E-state index in [4.69, 9.17) is 4.74 Å². The van der Waals surface area contributed by atoms with Crippen LogP contribution in [0, 0.1) is 0 Å². The van der Waals surface area contributed by atoms with E-state index in [2.05, 4.69) is 32.0 Å². The predicted molar refractivity (Wildman–Crippen MR) is 87.8 cm³/mol. The van der Waals surface area contributed by atoms with Crippen molar-refractivity contribution in [3.8, 4) is 0 Å². The van der Waals surface area contributed by atoms with Crippen molar-refractivity contribution in [1.29, 1.82) is 0 Å². The van der Waals surface area contributed by atoms with Crippen molar-refractivity contribution in [3.05, 3.63) is 47.5 Å². The van der Waals surface area contributed by atoms with Crippen molar-refractivity contribution < 1.29 is 9.53 Å². The minimum absolute atomic E-state index is 0.268. The Morgan fingerprint density at radius 2 is 1.71 bits per heavy atom. The summed E-state index contributed by atoms with van der Waals surface area (Å²) in [6.45, 7) is 10.1. The minimum Gasteiger partial charge on any atom is -0.456 e. The Labute approximate surface area is 127 Å². The molecule has 112 valence electrons. The molecule has 1 unspecified atom stereocenters. The second-order valence-electron chi connectivity index (χ2n) is 6.63. The van der Waals surface area contributed by atoms with Crippen molar-refractivity contribution in [3.63, 3.8) is 0 Å². The summed E-state index contributed by atoms with van der Waals surface area (Å²) in [5.74, 6) is 0.287. The zero-order valence-corrected chi connectivity index (χ0v) is 13.6. The van der Waals surface area contributed by atoms with E-state index < -0.39 is 5.60 Å². The summed E-state index contributed by atoms with van der Waals surface area (Å²) in [7, 11) is 0. The van der Waals surface area contributed by atoms with Crippen molar-refractivity contribution in [2.75, 3.05) is 0 Å². The summed E-state index contributed by atoms with van der Waals surface area (Å²) in [6, 6.07) is 12.2. The lowest BCUT2D eigenvalue weighted by molar-refractivity contribution is 0.00697. The maximum Gasteiger partial charge on any atom is 0.338 e. The van der Waals surface area contributed by atoms with E-state index in [1.807, 2.05) is 39.0 Å². The lowest BCUT2D eigenvalue weighted by Gasteiger charge is -2.19. The first kappa shape index (κ1) is 15.6. The second kappa shape index (κ2) is 5.88. The standard InChI is InChI=1S/C19H24O2/c1-6-13(2)14-7-8-16-12-17(10-9-15(16)11-14)18(20)21-19(3,4)5/h7-13H,6H2,1-5H3. The third kappa shape index (κ3) is 3.84. The maximum atomic E-state index is 12.1. The van der Waals surface area contributed by atoms with E-state index in [1.165, 1.54) is 10.9 Å². The van der Waals surface area contributed by atoms with Crippen LogP contribution in [0.15, 0.2) is 36.4 Å².